The zero-order valence-electron chi connectivity index (χ0n) is 17.6. The number of alkyl carbamates (subject to hydrolysis) is 1. The van der Waals surface area contributed by atoms with Gasteiger partial charge in [0.05, 0.1) is 19.6 Å². The molecule has 1 amide bonds. The summed E-state index contributed by atoms with van der Waals surface area (Å²) in [5.74, 6) is 0. The van der Waals surface area contributed by atoms with Crippen LogP contribution in [0.4, 0.5) is 4.79 Å². The standard InChI is InChI=1S/C21H44N2O2/c1-5-9-10-11-12-13-14-15-16-17-18-22-21(24)25-20-19-23(6-2,7-3)8-4/h5-20H2,1-4H3/p+1. The Morgan fingerprint density at radius 1 is 0.760 bits per heavy atom. The van der Waals surface area contributed by atoms with Crippen LogP contribution in [-0.2, 0) is 4.74 Å². The first-order chi connectivity index (χ1) is 12.1. The van der Waals surface area contributed by atoms with E-state index in [1.807, 2.05) is 0 Å². The molecule has 0 bridgehead atoms. The molecule has 0 spiro atoms. The van der Waals surface area contributed by atoms with E-state index < -0.39 is 0 Å². The van der Waals surface area contributed by atoms with Crippen molar-refractivity contribution in [2.24, 2.45) is 0 Å². The molecule has 4 heteroatoms. The monoisotopic (exact) mass is 357 g/mol. The normalized spacial score (nSPS) is 11.5. The van der Waals surface area contributed by atoms with E-state index in [-0.39, 0.29) is 6.09 Å². The number of unbranched alkanes of at least 4 members (excludes halogenated alkanes) is 9. The van der Waals surface area contributed by atoms with E-state index in [1.165, 1.54) is 57.8 Å². The first-order valence-corrected chi connectivity index (χ1v) is 10.9. The Morgan fingerprint density at radius 3 is 1.72 bits per heavy atom. The summed E-state index contributed by atoms with van der Waals surface area (Å²) >= 11 is 0. The second-order valence-electron chi connectivity index (χ2n) is 7.26. The molecule has 0 aromatic heterocycles. The highest BCUT2D eigenvalue weighted by atomic mass is 16.5. The summed E-state index contributed by atoms with van der Waals surface area (Å²) in [5.41, 5.74) is 0. The van der Waals surface area contributed by atoms with Crippen molar-refractivity contribution < 1.29 is 14.0 Å². The Hall–Kier alpha value is -0.770. The molecule has 1 N–H and O–H groups in total. The zero-order chi connectivity index (χ0) is 18.8. The molecule has 25 heavy (non-hydrogen) atoms. The van der Waals surface area contributed by atoms with Gasteiger partial charge in [0.25, 0.3) is 0 Å². The molecule has 0 rings (SSSR count). The lowest BCUT2D eigenvalue weighted by molar-refractivity contribution is -0.923. The van der Waals surface area contributed by atoms with Crippen LogP contribution in [0.5, 0.6) is 0 Å². The Kier molecular flexibility index (Phi) is 16.2. The molecule has 0 aromatic rings. The molecule has 0 saturated heterocycles. The molecule has 4 nitrogen and oxygen atoms in total. The highest BCUT2D eigenvalue weighted by molar-refractivity contribution is 5.66. The van der Waals surface area contributed by atoms with Crippen molar-refractivity contribution in [2.45, 2.75) is 91.9 Å². The summed E-state index contributed by atoms with van der Waals surface area (Å²) in [6.45, 7) is 14.3. The molecule has 0 aliphatic rings. The molecule has 0 aliphatic heterocycles. The lowest BCUT2D eigenvalue weighted by atomic mass is 10.1. The predicted octanol–water partition coefficient (Wildman–Crippen LogP) is 5.51. The second-order valence-corrected chi connectivity index (χ2v) is 7.26. The van der Waals surface area contributed by atoms with Crippen LogP contribution in [0.25, 0.3) is 0 Å². The number of hydrogen-bond acceptors (Lipinski definition) is 2. The van der Waals surface area contributed by atoms with E-state index >= 15 is 0 Å². The van der Waals surface area contributed by atoms with Gasteiger partial charge in [-0.1, -0.05) is 64.7 Å². The van der Waals surface area contributed by atoms with Crippen molar-refractivity contribution in [3.63, 3.8) is 0 Å². The topological polar surface area (TPSA) is 38.3 Å². The van der Waals surface area contributed by atoms with Crippen molar-refractivity contribution in [1.29, 1.82) is 0 Å². The van der Waals surface area contributed by atoms with Crippen LogP contribution in [0.1, 0.15) is 91.9 Å². The molecule has 150 valence electrons. The van der Waals surface area contributed by atoms with E-state index in [1.54, 1.807) is 0 Å². The summed E-state index contributed by atoms with van der Waals surface area (Å²) in [5, 5.41) is 2.88. The number of carbonyl (C=O) groups excluding carboxylic acids is 1. The van der Waals surface area contributed by atoms with Gasteiger partial charge in [-0.15, -0.1) is 0 Å². The van der Waals surface area contributed by atoms with Crippen LogP contribution in [0.3, 0.4) is 0 Å². The second kappa shape index (κ2) is 16.7. The Morgan fingerprint density at radius 2 is 1.24 bits per heavy atom. The maximum Gasteiger partial charge on any atom is 0.407 e. The minimum atomic E-state index is -0.252. The lowest BCUT2D eigenvalue weighted by Gasteiger charge is -2.35. The summed E-state index contributed by atoms with van der Waals surface area (Å²) in [6, 6.07) is 0. The van der Waals surface area contributed by atoms with E-state index in [0.717, 1.165) is 43.6 Å². The van der Waals surface area contributed by atoms with E-state index in [0.29, 0.717) is 6.61 Å². The van der Waals surface area contributed by atoms with E-state index in [9.17, 15) is 4.79 Å². The van der Waals surface area contributed by atoms with Crippen molar-refractivity contribution in [2.75, 3.05) is 39.3 Å². The fourth-order valence-corrected chi connectivity index (χ4v) is 3.33. The molecule has 0 aromatic carbocycles. The maximum atomic E-state index is 11.7. The van der Waals surface area contributed by atoms with E-state index in [2.05, 4.69) is 33.0 Å². The van der Waals surface area contributed by atoms with Crippen LogP contribution < -0.4 is 5.32 Å². The zero-order valence-corrected chi connectivity index (χ0v) is 17.6. The third kappa shape index (κ3) is 13.1. The number of rotatable bonds is 17. The largest absolute Gasteiger partial charge is 0.444 e. The first-order valence-electron chi connectivity index (χ1n) is 10.9. The first kappa shape index (κ1) is 24.2. The summed E-state index contributed by atoms with van der Waals surface area (Å²) in [7, 11) is 0. The number of likely N-dealkylation sites (N-methyl/N-ethyl adjacent to an activating group) is 1. The lowest BCUT2D eigenvalue weighted by Crippen LogP contribution is -2.50. The minimum Gasteiger partial charge on any atom is -0.444 e. The van der Waals surface area contributed by atoms with Gasteiger partial charge in [0.15, 0.2) is 0 Å². The van der Waals surface area contributed by atoms with E-state index in [4.69, 9.17) is 4.74 Å². The van der Waals surface area contributed by atoms with Crippen LogP contribution in [0.2, 0.25) is 0 Å². The number of nitrogens with one attached hydrogen (secondary N) is 1. The number of ether oxygens (including phenoxy) is 1. The molecule has 0 fully saturated rings. The highest BCUT2D eigenvalue weighted by Gasteiger charge is 2.20. The highest BCUT2D eigenvalue weighted by Crippen LogP contribution is 2.10. The third-order valence-electron chi connectivity index (χ3n) is 5.61. The van der Waals surface area contributed by atoms with Crippen LogP contribution in [0, 0.1) is 0 Å². The summed E-state index contributed by atoms with van der Waals surface area (Å²) < 4.78 is 6.35. The van der Waals surface area contributed by atoms with Crippen molar-refractivity contribution in [1.82, 2.24) is 5.32 Å². The van der Waals surface area contributed by atoms with Gasteiger partial charge < -0.3 is 14.5 Å². The number of quaternary nitrogens is 1. The molecule has 0 unspecified atom stereocenters. The summed E-state index contributed by atoms with van der Waals surface area (Å²) in [4.78, 5) is 11.7. The van der Waals surface area contributed by atoms with Gasteiger partial charge in [-0.3, -0.25) is 0 Å². The van der Waals surface area contributed by atoms with Crippen molar-refractivity contribution >= 4 is 6.09 Å². The molecule has 0 atom stereocenters. The Bertz CT molecular complexity index is 296. The SMILES string of the molecule is CCCCCCCCCCCCNC(=O)OCC[N+](CC)(CC)CC. The Labute approximate surface area is 157 Å². The van der Waals surface area contributed by atoms with Crippen LogP contribution >= 0.6 is 0 Å². The molecular weight excluding hydrogens is 312 g/mol. The molecule has 0 radical (unpaired) electrons. The average Bonchev–Trinajstić information content (AvgIpc) is 2.63. The predicted molar refractivity (Wildman–Crippen MR) is 108 cm³/mol. The van der Waals surface area contributed by atoms with Crippen molar-refractivity contribution in [3.8, 4) is 0 Å². The van der Waals surface area contributed by atoms with Gasteiger partial charge in [0.1, 0.15) is 13.2 Å². The maximum absolute atomic E-state index is 11.7. The van der Waals surface area contributed by atoms with Gasteiger partial charge in [0.2, 0.25) is 0 Å². The molecule has 0 saturated carbocycles. The Balaban J connectivity index is 3.44. The van der Waals surface area contributed by atoms with Crippen LogP contribution in [0.15, 0.2) is 0 Å². The van der Waals surface area contributed by atoms with Crippen molar-refractivity contribution in [3.05, 3.63) is 0 Å². The van der Waals surface area contributed by atoms with Crippen LogP contribution in [-0.4, -0.2) is 49.9 Å². The smallest absolute Gasteiger partial charge is 0.407 e. The molecule has 0 heterocycles. The number of nitrogens with zero attached hydrogens (tertiary/aromatic N) is 1. The van der Waals surface area contributed by atoms with Gasteiger partial charge in [0, 0.05) is 6.54 Å². The quantitative estimate of drug-likeness (QED) is 0.275. The molecular formula is C21H45N2O2+. The fraction of sp³-hybridized carbons (Fsp3) is 0.952. The fourth-order valence-electron chi connectivity index (χ4n) is 3.33. The number of amides is 1. The number of hydrogen-bond donors (Lipinski definition) is 1. The third-order valence-corrected chi connectivity index (χ3v) is 5.61. The van der Waals surface area contributed by atoms with Gasteiger partial charge in [-0.25, -0.2) is 4.79 Å². The summed E-state index contributed by atoms with van der Waals surface area (Å²) in [6.07, 6.45) is 12.9. The number of carbonyl (C=O) groups is 1. The van der Waals surface area contributed by atoms with Gasteiger partial charge in [-0.2, -0.15) is 0 Å². The average molecular weight is 358 g/mol. The van der Waals surface area contributed by atoms with Gasteiger partial charge >= 0.3 is 6.09 Å². The molecule has 0 aliphatic carbocycles. The minimum absolute atomic E-state index is 0.252. The van der Waals surface area contributed by atoms with Gasteiger partial charge in [-0.05, 0) is 27.2 Å².